The van der Waals surface area contributed by atoms with Crippen molar-refractivity contribution >= 4 is 5.97 Å². The van der Waals surface area contributed by atoms with Crippen LogP contribution in [0.15, 0.2) is 30.3 Å². The first kappa shape index (κ1) is 15.0. The van der Waals surface area contributed by atoms with Gasteiger partial charge in [0, 0.05) is 6.07 Å². The van der Waals surface area contributed by atoms with Gasteiger partial charge < -0.3 is 9.84 Å². The van der Waals surface area contributed by atoms with Gasteiger partial charge in [-0.15, -0.1) is 0 Å². The maximum atomic E-state index is 13.6. The molecule has 2 rings (SSSR count). The zero-order valence-electron chi connectivity index (χ0n) is 12.2. The van der Waals surface area contributed by atoms with Crippen molar-refractivity contribution in [1.29, 1.82) is 0 Å². The highest BCUT2D eigenvalue weighted by atomic mass is 19.1. The average Bonchev–Trinajstić information content (AvgIpc) is 2.36. The lowest BCUT2D eigenvalue weighted by molar-refractivity contribution is 0.0692. The molecule has 0 heterocycles. The first-order valence-electron chi connectivity index (χ1n) is 6.61. The monoisotopic (exact) mass is 288 g/mol. The number of halogens is 1. The van der Waals surface area contributed by atoms with Crippen molar-refractivity contribution in [3.8, 4) is 5.75 Å². The topological polar surface area (TPSA) is 46.5 Å². The molecular weight excluding hydrogens is 271 g/mol. The van der Waals surface area contributed by atoms with Crippen LogP contribution in [0.2, 0.25) is 0 Å². The van der Waals surface area contributed by atoms with Crippen molar-refractivity contribution in [2.75, 3.05) is 0 Å². The van der Waals surface area contributed by atoms with Gasteiger partial charge in [-0.1, -0.05) is 17.7 Å². The summed E-state index contributed by atoms with van der Waals surface area (Å²) in [6, 6.07) is 7.91. The van der Waals surface area contributed by atoms with Gasteiger partial charge in [-0.2, -0.15) is 0 Å². The van der Waals surface area contributed by atoms with E-state index in [4.69, 9.17) is 9.84 Å². The predicted molar refractivity (Wildman–Crippen MR) is 78.3 cm³/mol. The number of ether oxygens (including phenoxy) is 1. The molecule has 2 aromatic rings. The molecule has 3 nitrogen and oxygen atoms in total. The van der Waals surface area contributed by atoms with E-state index < -0.39 is 11.8 Å². The highest BCUT2D eigenvalue weighted by Gasteiger charge is 2.11. The summed E-state index contributed by atoms with van der Waals surface area (Å²) in [5, 5.41) is 8.78. The van der Waals surface area contributed by atoms with E-state index in [2.05, 4.69) is 12.1 Å². The fraction of sp³-hybridized carbons (Fsp3) is 0.235. The van der Waals surface area contributed by atoms with Crippen LogP contribution < -0.4 is 4.74 Å². The van der Waals surface area contributed by atoms with Crippen molar-refractivity contribution in [1.82, 2.24) is 0 Å². The largest absolute Gasteiger partial charge is 0.489 e. The Balaban J connectivity index is 2.17. The molecular formula is C17H17FO3. The Hall–Kier alpha value is -2.36. The van der Waals surface area contributed by atoms with Crippen molar-refractivity contribution in [3.05, 3.63) is 64.0 Å². The molecule has 0 spiro atoms. The highest BCUT2D eigenvalue weighted by Crippen LogP contribution is 2.21. The average molecular weight is 288 g/mol. The van der Waals surface area contributed by atoms with Crippen molar-refractivity contribution in [2.45, 2.75) is 27.4 Å². The van der Waals surface area contributed by atoms with Crippen molar-refractivity contribution < 1.29 is 19.0 Å². The maximum absolute atomic E-state index is 13.6. The quantitative estimate of drug-likeness (QED) is 0.924. The molecule has 0 aromatic heterocycles. The van der Waals surface area contributed by atoms with E-state index >= 15 is 0 Å². The summed E-state index contributed by atoms with van der Waals surface area (Å²) < 4.78 is 19.2. The number of aromatic carboxylic acids is 1. The SMILES string of the molecule is Cc1cc(C)c(COc2ccc(C(=O)O)c(F)c2)c(C)c1. The lowest BCUT2D eigenvalue weighted by atomic mass is 10.0. The zero-order valence-corrected chi connectivity index (χ0v) is 12.2. The van der Waals surface area contributed by atoms with E-state index in [1.807, 2.05) is 20.8 Å². The molecule has 110 valence electrons. The molecule has 0 atom stereocenters. The summed E-state index contributed by atoms with van der Waals surface area (Å²) in [4.78, 5) is 10.8. The first-order chi connectivity index (χ1) is 9.88. The van der Waals surface area contributed by atoms with Gasteiger partial charge in [0.05, 0.1) is 5.56 Å². The Morgan fingerprint density at radius 2 is 1.76 bits per heavy atom. The smallest absolute Gasteiger partial charge is 0.338 e. The van der Waals surface area contributed by atoms with Gasteiger partial charge in [-0.25, -0.2) is 9.18 Å². The van der Waals surface area contributed by atoms with Gasteiger partial charge in [0.2, 0.25) is 0 Å². The molecule has 0 fully saturated rings. The second-order valence-corrected chi connectivity index (χ2v) is 5.11. The van der Waals surface area contributed by atoms with E-state index in [9.17, 15) is 9.18 Å². The van der Waals surface area contributed by atoms with Crippen LogP contribution in [0.5, 0.6) is 5.75 Å². The zero-order chi connectivity index (χ0) is 15.6. The minimum Gasteiger partial charge on any atom is -0.489 e. The normalized spacial score (nSPS) is 10.5. The van der Waals surface area contributed by atoms with E-state index in [1.165, 1.54) is 17.7 Å². The van der Waals surface area contributed by atoms with Crippen LogP contribution in [-0.4, -0.2) is 11.1 Å². The fourth-order valence-electron chi connectivity index (χ4n) is 2.35. The van der Waals surface area contributed by atoms with Crippen LogP contribution in [-0.2, 0) is 6.61 Å². The Morgan fingerprint density at radius 3 is 2.29 bits per heavy atom. The second kappa shape index (κ2) is 5.95. The molecule has 0 aliphatic carbocycles. The number of carboxylic acid groups (broad SMARTS) is 1. The Morgan fingerprint density at radius 1 is 1.14 bits per heavy atom. The summed E-state index contributed by atoms with van der Waals surface area (Å²) in [6.45, 7) is 6.37. The van der Waals surface area contributed by atoms with Gasteiger partial charge >= 0.3 is 5.97 Å². The number of hydrogen-bond donors (Lipinski definition) is 1. The minimum absolute atomic E-state index is 0.317. The molecule has 21 heavy (non-hydrogen) atoms. The van der Waals surface area contributed by atoms with Crippen molar-refractivity contribution in [2.24, 2.45) is 0 Å². The molecule has 0 amide bonds. The van der Waals surface area contributed by atoms with E-state index in [0.717, 1.165) is 22.8 Å². The molecule has 4 heteroatoms. The number of rotatable bonds is 4. The number of carbonyl (C=O) groups is 1. The molecule has 0 bridgehead atoms. The van der Waals surface area contributed by atoms with Crippen LogP contribution in [0.1, 0.15) is 32.6 Å². The molecule has 0 saturated carbocycles. The van der Waals surface area contributed by atoms with Crippen LogP contribution >= 0.6 is 0 Å². The van der Waals surface area contributed by atoms with Gasteiger partial charge in [-0.3, -0.25) is 0 Å². The van der Waals surface area contributed by atoms with E-state index in [-0.39, 0.29) is 5.56 Å². The fourth-order valence-corrected chi connectivity index (χ4v) is 2.35. The molecule has 0 saturated heterocycles. The molecule has 0 radical (unpaired) electrons. The van der Waals surface area contributed by atoms with Crippen molar-refractivity contribution in [3.63, 3.8) is 0 Å². The standard InChI is InChI=1S/C17H17FO3/c1-10-6-11(2)15(12(3)7-10)9-21-13-4-5-14(17(19)20)16(18)8-13/h4-8H,9H2,1-3H3,(H,19,20). The van der Waals surface area contributed by atoms with Crippen LogP contribution in [0.25, 0.3) is 0 Å². The van der Waals surface area contributed by atoms with Crippen LogP contribution in [0.3, 0.4) is 0 Å². The summed E-state index contributed by atoms with van der Waals surface area (Å²) in [7, 11) is 0. The lowest BCUT2D eigenvalue weighted by Crippen LogP contribution is -2.04. The third-order valence-electron chi connectivity index (χ3n) is 3.39. The summed E-state index contributed by atoms with van der Waals surface area (Å²) >= 11 is 0. The van der Waals surface area contributed by atoms with Gasteiger partial charge in [0.1, 0.15) is 18.2 Å². The third kappa shape index (κ3) is 3.40. The summed E-state index contributed by atoms with van der Waals surface area (Å²) in [5.74, 6) is -1.77. The highest BCUT2D eigenvalue weighted by molar-refractivity contribution is 5.88. The van der Waals surface area contributed by atoms with Crippen LogP contribution in [0.4, 0.5) is 4.39 Å². The van der Waals surface area contributed by atoms with E-state index in [0.29, 0.717) is 12.4 Å². The maximum Gasteiger partial charge on any atom is 0.338 e. The molecule has 0 aliphatic heterocycles. The number of benzene rings is 2. The third-order valence-corrected chi connectivity index (χ3v) is 3.39. The Labute approximate surface area is 123 Å². The predicted octanol–water partition coefficient (Wildman–Crippen LogP) is 4.03. The summed E-state index contributed by atoms with van der Waals surface area (Å²) in [5.41, 5.74) is 4.13. The van der Waals surface area contributed by atoms with E-state index in [1.54, 1.807) is 0 Å². The molecule has 0 aliphatic rings. The van der Waals surface area contributed by atoms with Crippen LogP contribution in [0, 0.1) is 26.6 Å². The molecule has 0 unspecified atom stereocenters. The minimum atomic E-state index is -1.29. The number of aryl methyl sites for hydroxylation is 3. The molecule has 2 aromatic carbocycles. The Kier molecular flexibility index (Phi) is 4.26. The molecule has 1 N–H and O–H groups in total. The number of carboxylic acids is 1. The van der Waals surface area contributed by atoms with Gasteiger partial charge in [0.15, 0.2) is 0 Å². The summed E-state index contributed by atoms with van der Waals surface area (Å²) in [6.07, 6.45) is 0. The Bertz CT molecular complexity index is 669. The van der Waals surface area contributed by atoms with Gasteiger partial charge in [-0.05, 0) is 49.6 Å². The first-order valence-corrected chi connectivity index (χ1v) is 6.61. The van der Waals surface area contributed by atoms with Gasteiger partial charge in [0.25, 0.3) is 0 Å². The lowest BCUT2D eigenvalue weighted by Gasteiger charge is -2.13. The number of hydrogen-bond acceptors (Lipinski definition) is 2. The second-order valence-electron chi connectivity index (χ2n) is 5.11.